The van der Waals surface area contributed by atoms with Crippen molar-refractivity contribution in [2.24, 2.45) is 11.8 Å². The summed E-state index contributed by atoms with van der Waals surface area (Å²) < 4.78 is 6.00. The van der Waals surface area contributed by atoms with E-state index in [0.717, 1.165) is 18.8 Å². The fourth-order valence-corrected chi connectivity index (χ4v) is 2.08. The molecule has 0 spiro atoms. The van der Waals surface area contributed by atoms with Gasteiger partial charge in [-0.25, -0.2) is 0 Å². The van der Waals surface area contributed by atoms with Crippen LogP contribution < -0.4 is 4.74 Å². The minimum absolute atomic E-state index is 0.479. The second kappa shape index (κ2) is 6.63. The zero-order valence-electron chi connectivity index (χ0n) is 12.4. The predicted octanol–water partition coefficient (Wildman–Crippen LogP) is 4.70. The van der Waals surface area contributed by atoms with Crippen LogP contribution in [0.4, 0.5) is 0 Å². The lowest BCUT2D eigenvalue weighted by Crippen LogP contribution is -2.09. The number of ether oxygens (including phenoxy) is 1. The molecule has 0 heterocycles. The summed E-state index contributed by atoms with van der Waals surface area (Å²) in [7, 11) is 0. The Hall–Kier alpha value is -1.24. The van der Waals surface area contributed by atoms with E-state index in [9.17, 15) is 0 Å². The summed E-state index contributed by atoms with van der Waals surface area (Å²) in [6.07, 6.45) is 3.00. The molecule has 1 atom stereocenters. The molecule has 100 valence electrons. The number of hydrogen-bond acceptors (Lipinski definition) is 1. The highest BCUT2D eigenvalue weighted by molar-refractivity contribution is 5.44. The zero-order chi connectivity index (χ0) is 13.7. The summed E-state index contributed by atoms with van der Waals surface area (Å²) in [5.74, 6) is 2.10. The number of hydrogen-bond donors (Lipinski definition) is 0. The Kier molecular flexibility index (Phi) is 5.46. The summed E-state index contributed by atoms with van der Waals surface area (Å²) in [6.45, 7) is 15.5. The molecule has 0 aromatic heterocycles. The van der Waals surface area contributed by atoms with Crippen molar-refractivity contribution in [1.82, 2.24) is 0 Å². The highest BCUT2D eigenvalue weighted by atomic mass is 16.5. The van der Waals surface area contributed by atoms with Crippen molar-refractivity contribution in [3.63, 3.8) is 0 Å². The average molecular weight is 246 g/mol. The van der Waals surface area contributed by atoms with E-state index in [1.54, 1.807) is 0 Å². The van der Waals surface area contributed by atoms with Crippen LogP contribution in [0.25, 0.3) is 0 Å². The first kappa shape index (κ1) is 14.8. The maximum Gasteiger partial charge on any atom is 0.125 e. The molecule has 0 radical (unpaired) electrons. The van der Waals surface area contributed by atoms with Crippen LogP contribution in [-0.4, -0.2) is 6.61 Å². The van der Waals surface area contributed by atoms with E-state index < -0.39 is 0 Å². The Labute approximate surface area is 112 Å². The van der Waals surface area contributed by atoms with Crippen molar-refractivity contribution in [3.05, 3.63) is 41.5 Å². The molecule has 0 aliphatic rings. The molecule has 0 saturated heterocycles. The normalized spacial score (nSPS) is 12.6. The standard InChI is InChI=1S/C17H26O/c1-7-13(4)9-16-10-14(5)8-15(6)17(16)18-11-12(2)3/h7-8,10,12-13H,1,9,11H2,2-6H3. The van der Waals surface area contributed by atoms with Crippen LogP contribution in [0, 0.1) is 25.7 Å². The maximum absolute atomic E-state index is 6.00. The van der Waals surface area contributed by atoms with E-state index in [0.29, 0.717) is 11.8 Å². The molecular formula is C17H26O. The summed E-state index contributed by atoms with van der Waals surface area (Å²) >= 11 is 0. The van der Waals surface area contributed by atoms with Gasteiger partial charge in [-0.15, -0.1) is 6.58 Å². The van der Waals surface area contributed by atoms with E-state index >= 15 is 0 Å². The van der Waals surface area contributed by atoms with Gasteiger partial charge in [0.25, 0.3) is 0 Å². The molecule has 1 rings (SSSR count). The first-order valence-corrected chi connectivity index (χ1v) is 6.79. The van der Waals surface area contributed by atoms with E-state index in [1.165, 1.54) is 16.7 Å². The van der Waals surface area contributed by atoms with Crippen molar-refractivity contribution >= 4 is 0 Å². The van der Waals surface area contributed by atoms with Gasteiger partial charge in [-0.2, -0.15) is 0 Å². The van der Waals surface area contributed by atoms with Gasteiger partial charge in [-0.1, -0.05) is 44.5 Å². The van der Waals surface area contributed by atoms with E-state index in [-0.39, 0.29) is 0 Å². The van der Waals surface area contributed by atoms with Gasteiger partial charge >= 0.3 is 0 Å². The minimum atomic E-state index is 0.479. The highest BCUT2D eigenvalue weighted by Gasteiger charge is 2.11. The lowest BCUT2D eigenvalue weighted by Gasteiger charge is -2.18. The molecule has 0 N–H and O–H groups in total. The molecule has 1 aromatic rings. The lowest BCUT2D eigenvalue weighted by molar-refractivity contribution is 0.266. The van der Waals surface area contributed by atoms with Gasteiger partial charge in [0.05, 0.1) is 6.61 Å². The molecule has 18 heavy (non-hydrogen) atoms. The third-order valence-electron chi connectivity index (χ3n) is 3.00. The third kappa shape index (κ3) is 4.21. The largest absolute Gasteiger partial charge is 0.493 e. The van der Waals surface area contributed by atoms with Crippen molar-refractivity contribution in [3.8, 4) is 5.75 Å². The molecule has 0 saturated carbocycles. The van der Waals surface area contributed by atoms with Gasteiger partial charge in [0.1, 0.15) is 5.75 Å². The lowest BCUT2D eigenvalue weighted by atomic mass is 9.96. The molecule has 0 bridgehead atoms. The molecule has 0 aliphatic heterocycles. The van der Waals surface area contributed by atoms with Crippen LogP contribution in [0.15, 0.2) is 24.8 Å². The predicted molar refractivity (Wildman–Crippen MR) is 79.3 cm³/mol. The summed E-state index contributed by atoms with van der Waals surface area (Å²) in [4.78, 5) is 0. The van der Waals surface area contributed by atoms with Gasteiger partial charge in [0.2, 0.25) is 0 Å². The van der Waals surface area contributed by atoms with Crippen LogP contribution in [0.2, 0.25) is 0 Å². The molecule has 0 fully saturated rings. The quantitative estimate of drug-likeness (QED) is 0.661. The third-order valence-corrected chi connectivity index (χ3v) is 3.00. The Morgan fingerprint density at radius 2 is 1.89 bits per heavy atom. The first-order valence-electron chi connectivity index (χ1n) is 6.79. The Balaban J connectivity index is 3.00. The van der Waals surface area contributed by atoms with Crippen LogP contribution >= 0.6 is 0 Å². The number of benzene rings is 1. The molecular weight excluding hydrogens is 220 g/mol. The molecule has 0 aliphatic carbocycles. The van der Waals surface area contributed by atoms with Gasteiger partial charge in [0.15, 0.2) is 0 Å². The molecule has 1 nitrogen and oxygen atoms in total. The monoisotopic (exact) mass is 246 g/mol. The fourth-order valence-electron chi connectivity index (χ4n) is 2.08. The van der Waals surface area contributed by atoms with E-state index in [1.807, 2.05) is 6.08 Å². The van der Waals surface area contributed by atoms with Gasteiger partial charge in [-0.05, 0) is 43.2 Å². The van der Waals surface area contributed by atoms with Crippen molar-refractivity contribution in [2.75, 3.05) is 6.61 Å². The van der Waals surface area contributed by atoms with Crippen LogP contribution in [0.3, 0.4) is 0 Å². The SMILES string of the molecule is C=CC(C)Cc1cc(C)cc(C)c1OCC(C)C. The van der Waals surface area contributed by atoms with E-state index in [2.05, 4.69) is 53.3 Å². The zero-order valence-corrected chi connectivity index (χ0v) is 12.4. The summed E-state index contributed by atoms with van der Waals surface area (Å²) in [6, 6.07) is 4.43. The molecule has 1 unspecified atom stereocenters. The second-order valence-electron chi connectivity index (χ2n) is 5.69. The number of allylic oxidation sites excluding steroid dienone is 1. The van der Waals surface area contributed by atoms with Gasteiger partial charge in [-0.3, -0.25) is 0 Å². The van der Waals surface area contributed by atoms with Crippen molar-refractivity contribution < 1.29 is 4.74 Å². The number of aryl methyl sites for hydroxylation is 2. The van der Waals surface area contributed by atoms with Crippen LogP contribution in [0.5, 0.6) is 5.75 Å². The Bertz CT molecular complexity index is 404. The van der Waals surface area contributed by atoms with Crippen LogP contribution in [0.1, 0.15) is 37.5 Å². The average Bonchev–Trinajstić information content (AvgIpc) is 2.27. The minimum Gasteiger partial charge on any atom is -0.493 e. The van der Waals surface area contributed by atoms with Crippen molar-refractivity contribution in [1.29, 1.82) is 0 Å². The summed E-state index contributed by atoms with van der Waals surface area (Å²) in [5, 5.41) is 0. The fraction of sp³-hybridized carbons (Fsp3) is 0.529. The molecule has 1 aromatic carbocycles. The van der Waals surface area contributed by atoms with Crippen LogP contribution in [-0.2, 0) is 6.42 Å². The Morgan fingerprint density at radius 1 is 1.22 bits per heavy atom. The van der Waals surface area contributed by atoms with Gasteiger partial charge in [0, 0.05) is 0 Å². The first-order chi connectivity index (χ1) is 8.43. The smallest absolute Gasteiger partial charge is 0.125 e. The topological polar surface area (TPSA) is 9.23 Å². The Morgan fingerprint density at radius 3 is 2.44 bits per heavy atom. The number of rotatable bonds is 6. The molecule has 0 amide bonds. The van der Waals surface area contributed by atoms with E-state index in [4.69, 9.17) is 4.74 Å². The van der Waals surface area contributed by atoms with Crippen molar-refractivity contribution in [2.45, 2.75) is 41.0 Å². The molecule has 1 heteroatoms. The summed E-state index contributed by atoms with van der Waals surface area (Å²) in [5.41, 5.74) is 3.85. The maximum atomic E-state index is 6.00. The second-order valence-corrected chi connectivity index (χ2v) is 5.69. The highest BCUT2D eigenvalue weighted by Crippen LogP contribution is 2.28. The van der Waals surface area contributed by atoms with Gasteiger partial charge < -0.3 is 4.74 Å².